The fraction of sp³-hybridized carbons (Fsp3) is 0.786. The highest BCUT2D eigenvalue weighted by atomic mass is 16.5. The highest BCUT2D eigenvalue weighted by Gasteiger charge is 2.33. The molecule has 0 amide bonds. The van der Waals surface area contributed by atoms with E-state index in [-0.39, 0.29) is 5.60 Å². The molecule has 0 fully saturated rings. The summed E-state index contributed by atoms with van der Waals surface area (Å²) in [6.45, 7) is 15.8. The first-order valence-corrected chi connectivity index (χ1v) is 12.6. The van der Waals surface area contributed by atoms with Gasteiger partial charge in [0.1, 0.15) is 17.1 Å². The van der Waals surface area contributed by atoms with Gasteiger partial charge in [-0.1, -0.05) is 72.6 Å². The molecule has 3 atom stereocenters. The fourth-order valence-corrected chi connectivity index (χ4v) is 5.04. The molecule has 1 aliphatic heterocycles. The molecule has 0 saturated carbocycles. The SMILES string of the molecule is Cc1cc(O)c(C)c2c1CCC(C)(CCCC(C)CCCC(C)CCCC(C)C)O2. The highest BCUT2D eigenvalue weighted by molar-refractivity contribution is 5.53. The molecule has 0 radical (unpaired) electrons. The van der Waals surface area contributed by atoms with Crippen LogP contribution < -0.4 is 4.74 Å². The average molecular weight is 417 g/mol. The van der Waals surface area contributed by atoms with Crippen LogP contribution in [0.4, 0.5) is 0 Å². The maximum atomic E-state index is 10.2. The van der Waals surface area contributed by atoms with Crippen LogP contribution in [0.2, 0.25) is 0 Å². The van der Waals surface area contributed by atoms with E-state index in [1.165, 1.54) is 56.9 Å². The number of ether oxygens (including phenoxy) is 1. The maximum Gasteiger partial charge on any atom is 0.130 e. The standard InChI is InChI=1S/C28H48O2/c1-20(2)11-8-12-21(3)13-9-14-22(4)15-10-17-28(7)18-16-25-23(5)19-26(29)24(6)27(25)30-28/h19-22,29H,8-18H2,1-7H3. The lowest BCUT2D eigenvalue weighted by atomic mass is 9.84. The van der Waals surface area contributed by atoms with Crippen LogP contribution in [-0.4, -0.2) is 10.7 Å². The van der Waals surface area contributed by atoms with E-state index in [1.807, 2.05) is 13.0 Å². The van der Waals surface area contributed by atoms with Crippen LogP contribution in [0, 0.1) is 31.6 Å². The zero-order valence-electron chi connectivity index (χ0n) is 20.9. The molecule has 0 aromatic heterocycles. The number of aryl methyl sites for hydroxylation is 1. The van der Waals surface area contributed by atoms with Crippen LogP contribution in [0.1, 0.15) is 116 Å². The Hall–Kier alpha value is -1.18. The summed E-state index contributed by atoms with van der Waals surface area (Å²) in [4.78, 5) is 0. The third kappa shape index (κ3) is 7.50. The smallest absolute Gasteiger partial charge is 0.130 e. The first kappa shape index (κ1) is 25.1. The van der Waals surface area contributed by atoms with Crippen LogP contribution in [0.25, 0.3) is 0 Å². The number of aromatic hydroxyl groups is 1. The molecule has 172 valence electrons. The lowest BCUT2D eigenvalue weighted by molar-refractivity contribution is 0.0511. The van der Waals surface area contributed by atoms with Crippen LogP contribution in [-0.2, 0) is 6.42 Å². The first-order valence-electron chi connectivity index (χ1n) is 12.6. The second-order valence-corrected chi connectivity index (χ2v) is 11.1. The number of phenolic OH excluding ortho intramolecular Hbond substituents is 1. The van der Waals surface area contributed by atoms with Crippen molar-refractivity contribution >= 4 is 0 Å². The molecule has 0 saturated heterocycles. The van der Waals surface area contributed by atoms with E-state index in [9.17, 15) is 5.11 Å². The molecule has 1 N–H and O–H groups in total. The van der Waals surface area contributed by atoms with Crippen molar-refractivity contribution in [3.63, 3.8) is 0 Å². The topological polar surface area (TPSA) is 29.5 Å². The zero-order valence-corrected chi connectivity index (χ0v) is 20.9. The quantitative estimate of drug-likeness (QED) is 0.370. The van der Waals surface area contributed by atoms with E-state index in [4.69, 9.17) is 4.74 Å². The number of phenols is 1. The Labute approximate surface area is 186 Å². The third-order valence-corrected chi connectivity index (χ3v) is 7.36. The predicted molar refractivity (Wildman–Crippen MR) is 130 cm³/mol. The van der Waals surface area contributed by atoms with Crippen molar-refractivity contribution < 1.29 is 9.84 Å². The lowest BCUT2D eigenvalue weighted by Gasteiger charge is -2.37. The zero-order chi connectivity index (χ0) is 22.3. The van der Waals surface area contributed by atoms with Crippen LogP contribution in [0.5, 0.6) is 11.5 Å². The summed E-state index contributed by atoms with van der Waals surface area (Å²) in [6.07, 6.45) is 14.1. The maximum absolute atomic E-state index is 10.2. The van der Waals surface area contributed by atoms with Crippen LogP contribution >= 0.6 is 0 Å². The van der Waals surface area contributed by atoms with Gasteiger partial charge in [0.2, 0.25) is 0 Å². The largest absolute Gasteiger partial charge is 0.508 e. The summed E-state index contributed by atoms with van der Waals surface area (Å²) in [5.41, 5.74) is 3.25. The van der Waals surface area contributed by atoms with E-state index >= 15 is 0 Å². The Bertz CT molecular complexity index is 663. The van der Waals surface area contributed by atoms with Gasteiger partial charge in [-0.15, -0.1) is 0 Å². The molecule has 2 rings (SSSR count). The van der Waals surface area contributed by atoms with Gasteiger partial charge in [0.25, 0.3) is 0 Å². The number of hydrogen-bond acceptors (Lipinski definition) is 2. The minimum Gasteiger partial charge on any atom is -0.508 e. The van der Waals surface area contributed by atoms with Gasteiger partial charge in [0, 0.05) is 5.56 Å². The van der Waals surface area contributed by atoms with Crippen molar-refractivity contribution in [2.45, 2.75) is 125 Å². The molecule has 1 aromatic rings. The molecule has 0 bridgehead atoms. The van der Waals surface area contributed by atoms with Crippen molar-refractivity contribution in [1.29, 1.82) is 0 Å². The molecular formula is C28H48O2. The van der Waals surface area contributed by atoms with Gasteiger partial charge in [-0.05, 0) is 81.4 Å². The van der Waals surface area contributed by atoms with Crippen LogP contribution in [0.15, 0.2) is 6.07 Å². The molecular weight excluding hydrogens is 368 g/mol. The molecule has 1 heterocycles. The number of hydrogen-bond donors (Lipinski definition) is 1. The second-order valence-electron chi connectivity index (χ2n) is 11.1. The normalized spacial score (nSPS) is 20.7. The number of fused-ring (bicyclic) bond motifs is 1. The second kappa shape index (κ2) is 11.4. The Morgan fingerprint density at radius 3 is 2.10 bits per heavy atom. The van der Waals surface area contributed by atoms with Crippen molar-refractivity contribution in [3.05, 3.63) is 22.8 Å². The van der Waals surface area contributed by atoms with E-state index in [0.29, 0.717) is 5.75 Å². The molecule has 1 aromatic carbocycles. The monoisotopic (exact) mass is 416 g/mol. The molecule has 2 heteroatoms. The highest BCUT2D eigenvalue weighted by Crippen LogP contribution is 2.42. The first-order chi connectivity index (χ1) is 14.1. The Balaban J connectivity index is 1.70. The van der Waals surface area contributed by atoms with Gasteiger partial charge in [-0.2, -0.15) is 0 Å². The van der Waals surface area contributed by atoms with Crippen LogP contribution in [0.3, 0.4) is 0 Å². The van der Waals surface area contributed by atoms with Gasteiger partial charge in [0.05, 0.1) is 0 Å². The van der Waals surface area contributed by atoms with E-state index in [1.54, 1.807) is 0 Å². The van der Waals surface area contributed by atoms with Crippen molar-refractivity contribution in [3.8, 4) is 11.5 Å². The summed E-state index contributed by atoms with van der Waals surface area (Å²) in [7, 11) is 0. The third-order valence-electron chi connectivity index (χ3n) is 7.36. The Morgan fingerprint density at radius 1 is 0.933 bits per heavy atom. The van der Waals surface area contributed by atoms with Gasteiger partial charge >= 0.3 is 0 Å². The van der Waals surface area contributed by atoms with Gasteiger partial charge < -0.3 is 9.84 Å². The fourth-order valence-electron chi connectivity index (χ4n) is 5.04. The van der Waals surface area contributed by atoms with Gasteiger partial charge in [-0.25, -0.2) is 0 Å². The Kier molecular flexibility index (Phi) is 9.57. The molecule has 2 nitrogen and oxygen atoms in total. The summed E-state index contributed by atoms with van der Waals surface area (Å²) in [6, 6.07) is 1.88. The summed E-state index contributed by atoms with van der Waals surface area (Å²) in [5, 5.41) is 10.2. The van der Waals surface area contributed by atoms with E-state index in [0.717, 1.165) is 53.9 Å². The number of benzene rings is 1. The summed E-state index contributed by atoms with van der Waals surface area (Å²) < 4.78 is 6.50. The van der Waals surface area contributed by atoms with Crippen molar-refractivity contribution in [1.82, 2.24) is 0 Å². The molecule has 0 aliphatic carbocycles. The van der Waals surface area contributed by atoms with Crippen molar-refractivity contribution in [2.75, 3.05) is 0 Å². The minimum atomic E-state index is -0.0946. The average Bonchev–Trinajstić information content (AvgIpc) is 2.65. The predicted octanol–water partition coefficient (Wildman–Crippen LogP) is 8.53. The minimum absolute atomic E-state index is 0.0946. The number of rotatable bonds is 12. The lowest BCUT2D eigenvalue weighted by Crippen LogP contribution is -2.37. The van der Waals surface area contributed by atoms with Gasteiger partial charge in [0.15, 0.2) is 0 Å². The summed E-state index contributed by atoms with van der Waals surface area (Å²) in [5.74, 6) is 3.84. The molecule has 3 unspecified atom stereocenters. The molecule has 1 aliphatic rings. The van der Waals surface area contributed by atoms with Gasteiger partial charge in [-0.3, -0.25) is 0 Å². The molecule has 0 spiro atoms. The Morgan fingerprint density at radius 2 is 1.50 bits per heavy atom. The molecule has 30 heavy (non-hydrogen) atoms. The summed E-state index contributed by atoms with van der Waals surface area (Å²) >= 11 is 0. The van der Waals surface area contributed by atoms with E-state index < -0.39 is 0 Å². The van der Waals surface area contributed by atoms with E-state index in [2.05, 4.69) is 41.5 Å². The van der Waals surface area contributed by atoms with Crippen molar-refractivity contribution in [2.24, 2.45) is 17.8 Å².